The van der Waals surface area contributed by atoms with E-state index in [1.807, 2.05) is 12.1 Å². The molecule has 26 heavy (non-hydrogen) atoms. The molecule has 1 nitrogen and oxygen atoms in total. The van der Waals surface area contributed by atoms with Crippen LogP contribution in [0.1, 0.15) is 11.1 Å². The van der Waals surface area contributed by atoms with Crippen molar-refractivity contribution < 1.29 is 0 Å². The second-order valence-corrected chi connectivity index (χ2v) is 8.28. The number of benzene rings is 3. The molecule has 3 aromatic carbocycles. The summed E-state index contributed by atoms with van der Waals surface area (Å²) in [6, 6.07) is 23.2. The van der Waals surface area contributed by atoms with Gasteiger partial charge in [0.05, 0.1) is 11.2 Å². The maximum absolute atomic E-state index is 5.06. The first-order chi connectivity index (χ1) is 12.5. The molecule has 0 unspecified atom stereocenters. The summed E-state index contributed by atoms with van der Waals surface area (Å²) in [5, 5.41) is 1.20. The predicted molar refractivity (Wildman–Crippen MR) is 117 cm³/mol. The van der Waals surface area contributed by atoms with Gasteiger partial charge in [-0.1, -0.05) is 74.3 Å². The Morgan fingerprint density at radius 2 is 1.42 bits per heavy atom. The van der Waals surface area contributed by atoms with Gasteiger partial charge in [-0.3, -0.25) is 0 Å². The van der Waals surface area contributed by atoms with Gasteiger partial charge in [0.25, 0.3) is 0 Å². The number of para-hydroxylation sites is 1. The van der Waals surface area contributed by atoms with Gasteiger partial charge >= 0.3 is 0 Å². The maximum atomic E-state index is 5.06. The van der Waals surface area contributed by atoms with Crippen molar-refractivity contribution in [2.24, 2.45) is 0 Å². The van der Waals surface area contributed by atoms with E-state index in [1.165, 1.54) is 27.6 Å². The van der Waals surface area contributed by atoms with E-state index in [9.17, 15) is 0 Å². The minimum atomic E-state index is 1.01. The molecule has 128 valence electrons. The summed E-state index contributed by atoms with van der Waals surface area (Å²) in [5.41, 5.74) is 8.07. The number of nitrogens with zero attached hydrogens (tertiary/aromatic N) is 1. The van der Waals surface area contributed by atoms with Gasteiger partial charge in [-0.2, -0.15) is 0 Å². The molecule has 0 aliphatic carbocycles. The topological polar surface area (TPSA) is 12.9 Å². The normalized spacial score (nSPS) is 11.1. The minimum absolute atomic E-state index is 1.01. The average molecular weight is 467 g/mol. The monoisotopic (exact) mass is 465 g/mol. The lowest BCUT2D eigenvalue weighted by Gasteiger charge is -2.17. The van der Waals surface area contributed by atoms with E-state index < -0.39 is 0 Å². The summed E-state index contributed by atoms with van der Waals surface area (Å²) in [7, 11) is 0. The lowest BCUT2D eigenvalue weighted by atomic mass is 9.90. The van der Waals surface area contributed by atoms with Crippen LogP contribution in [0.5, 0.6) is 0 Å². The standard InChI is InChI=1S/C23H17Br2N/c1-14-7-3-4-8-19(14)22-15(2)20-9-5-6-10-21(20)26-23(22)16-11-17(24)13-18(25)12-16/h3-13H,1-2H3. The molecule has 4 rings (SSSR count). The Balaban J connectivity index is 2.14. The van der Waals surface area contributed by atoms with Crippen LogP contribution in [0.25, 0.3) is 33.3 Å². The summed E-state index contributed by atoms with van der Waals surface area (Å²) < 4.78 is 2.07. The Morgan fingerprint density at radius 1 is 0.769 bits per heavy atom. The lowest BCUT2D eigenvalue weighted by molar-refractivity contribution is 1.34. The molecule has 0 atom stereocenters. The highest BCUT2D eigenvalue weighted by atomic mass is 79.9. The molecule has 0 radical (unpaired) electrons. The van der Waals surface area contributed by atoms with E-state index in [1.54, 1.807) is 0 Å². The van der Waals surface area contributed by atoms with Crippen molar-refractivity contribution in [3.8, 4) is 22.4 Å². The van der Waals surface area contributed by atoms with Crippen LogP contribution in [0, 0.1) is 13.8 Å². The Kier molecular flexibility index (Phi) is 4.68. The zero-order valence-electron chi connectivity index (χ0n) is 14.6. The first-order valence-electron chi connectivity index (χ1n) is 8.46. The molecule has 4 aromatic rings. The van der Waals surface area contributed by atoms with Crippen molar-refractivity contribution in [1.29, 1.82) is 0 Å². The Labute approximate surface area is 170 Å². The molecule has 0 bridgehead atoms. The molecule has 0 aliphatic heterocycles. The SMILES string of the molecule is Cc1ccccc1-c1c(-c2cc(Br)cc(Br)c2)nc2ccccc2c1C. The largest absolute Gasteiger partial charge is 0.247 e. The van der Waals surface area contributed by atoms with Crippen molar-refractivity contribution in [1.82, 2.24) is 4.98 Å². The van der Waals surface area contributed by atoms with Gasteiger partial charge in [0.15, 0.2) is 0 Å². The maximum Gasteiger partial charge on any atom is 0.0791 e. The zero-order chi connectivity index (χ0) is 18.3. The second kappa shape index (κ2) is 6.98. The molecule has 1 aromatic heterocycles. The number of fused-ring (bicyclic) bond motifs is 1. The van der Waals surface area contributed by atoms with Crippen LogP contribution in [0.15, 0.2) is 75.7 Å². The summed E-state index contributed by atoms with van der Waals surface area (Å²) in [6.45, 7) is 4.35. The molecule has 0 amide bonds. The van der Waals surface area contributed by atoms with Crippen LogP contribution in [0.3, 0.4) is 0 Å². The van der Waals surface area contributed by atoms with Gasteiger partial charge in [-0.05, 0) is 54.8 Å². The second-order valence-electron chi connectivity index (χ2n) is 6.45. The van der Waals surface area contributed by atoms with Crippen molar-refractivity contribution in [3.63, 3.8) is 0 Å². The number of aromatic nitrogens is 1. The van der Waals surface area contributed by atoms with Crippen LogP contribution in [0.4, 0.5) is 0 Å². The average Bonchev–Trinajstić information content (AvgIpc) is 2.62. The first-order valence-corrected chi connectivity index (χ1v) is 10.0. The quantitative estimate of drug-likeness (QED) is 0.294. The Morgan fingerprint density at radius 3 is 2.15 bits per heavy atom. The summed E-state index contributed by atoms with van der Waals surface area (Å²) in [5.74, 6) is 0. The van der Waals surface area contributed by atoms with E-state index in [-0.39, 0.29) is 0 Å². The van der Waals surface area contributed by atoms with Gasteiger partial charge in [0.1, 0.15) is 0 Å². The van der Waals surface area contributed by atoms with Crippen LogP contribution in [-0.4, -0.2) is 4.98 Å². The summed E-state index contributed by atoms with van der Waals surface area (Å²) in [4.78, 5) is 5.06. The lowest BCUT2D eigenvalue weighted by Crippen LogP contribution is -1.97. The van der Waals surface area contributed by atoms with Crippen molar-refractivity contribution in [2.45, 2.75) is 13.8 Å². The third kappa shape index (κ3) is 3.10. The smallest absolute Gasteiger partial charge is 0.0791 e. The van der Waals surface area contributed by atoms with E-state index in [0.29, 0.717) is 0 Å². The van der Waals surface area contributed by atoms with E-state index in [2.05, 4.69) is 100 Å². The molecular formula is C23H17Br2N. The van der Waals surface area contributed by atoms with Gasteiger partial charge in [0, 0.05) is 25.5 Å². The predicted octanol–water partition coefficient (Wildman–Crippen LogP) is 7.71. The molecule has 1 heterocycles. The van der Waals surface area contributed by atoms with Gasteiger partial charge in [-0.25, -0.2) is 4.98 Å². The number of rotatable bonds is 2. The van der Waals surface area contributed by atoms with E-state index in [4.69, 9.17) is 4.98 Å². The van der Waals surface area contributed by atoms with Crippen LogP contribution in [-0.2, 0) is 0 Å². The van der Waals surface area contributed by atoms with Gasteiger partial charge in [0.2, 0.25) is 0 Å². The van der Waals surface area contributed by atoms with Crippen LogP contribution >= 0.6 is 31.9 Å². The molecule has 0 fully saturated rings. The molecule has 0 spiro atoms. The zero-order valence-corrected chi connectivity index (χ0v) is 17.7. The molecular weight excluding hydrogens is 450 g/mol. The highest BCUT2D eigenvalue weighted by Gasteiger charge is 2.17. The van der Waals surface area contributed by atoms with Crippen molar-refractivity contribution in [2.75, 3.05) is 0 Å². The van der Waals surface area contributed by atoms with Crippen molar-refractivity contribution in [3.05, 3.63) is 86.8 Å². The first kappa shape index (κ1) is 17.4. The number of pyridine rings is 1. The fourth-order valence-corrected chi connectivity index (χ4v) is 4.75. The van der Waals surface area contributed by atoms with Crippen LogP contribution < -0.4 is 0 Å². The summed E-state index contributed by atoms with van der Waals surface area (Å²) >= 11 is 7.23. The minimum Gasteiger partial charge on any atom is -0.247 e. The molecule has 0 N–H and O–H groups in total. The number of aryl methyl sites for hydroxylation is 2. The van der Waals surface area contributed by atoms with Crippen molar-refractivity contribution >= 4 is 42.8 Å². The molecule has 3 heteroatoms. The Hall–Kier alpha value is -1.97. The number of hydrogen-bond donors (Lipinski definition) is 0. The van der Waals surface area contributed by atoms with Crippen LogP contribution in [0.2, 0.25) is 0 Å². The van der Waals surface area contributed by atoms with Gasteiger partial charge < -0.3 is 0 Å². The highest BCUT2D eigenvalue weighted by molar-refractivity contribution is 9.11. The third-order valence-corrected chi connectivity index (χ3v) is 5.62. The third-order valence-electron chi connectivity index (χ3n) is 4.70. The molecule has 0 saturated heterocycles. The Bertz CT molecular complexity index is 1110. The van der Waals surface area contributed by atoms with E-state index in [0.717, 1.165) is 25.7 Å². The number of halogens is 2. The highest BCUT2D eigenvalue weighted by Crippen LogP contribution is 2.39. The summed E-state index contributed by atoms with van der Waals surface area (Å²) in [6.07, 6.45) is 0. The number of hydrogen-bond acceptors (Lipinski definition) is 1. The molecule has 0 saturated carbocycles. The fourth-order valence-electron chi connectivity index (χ4n) is 3.46. The van der Waals surface area contributed by atoms with Gasteiger partial charge in [-0.15, -0.1) is 0 Å². The molecule has 0 aliphatic rings. The fraction of sp³-hybridized carbons (Fsp3) is 0.0870. The van der Waals surface area contributed by atoms with E-state index >= 15 is 0 Å².